The molecule has 3 nitrogen and oxygen atoms in total. The van der Waals surface area contributed by atoms with Crippen LogP contribution in [0, 0.1) is 12.7 Å². The van der Waals surface area contributed by atoms with Crippen LogP contribution in [0.1, 0.15) is 5.56 Å². The molecule has 0 heterocycles. The summed E-state index contributed by atoms with van der Waals surface area (Å²) in [4.78, 5) is -0.138. The number of halogens is 3. The lowest BCUT2D eigenvalue weighted by molar-refractivity contribution is 0.599. The van der Waals surface area contributed by atoms with Gasteiger partial charge < -0.3 is 0 Å². The quantitative estimate of drug-likeness (QED) is 0.912. The Morgan fingerprint density at radius 1 is 1.05 bits per heavy atom. The van der Waals surface area contributed by atoms with E-state index >= 15 is 0 Å². The van der Waals surface area contributed by atoms with Crippen LogP contribution in [0.4, 0.5) is 10.1 Å². The van der Waals surface area contributed by atoms with Crippen molar-refractivity contribution >= 4 is 38.9 Å². The van der Waals surface area contributed by atoms with Crippen LogP contribution >= 0.6 is 23.2 Å². The van der Waals surface area contributed by atoms with E-state index in [9.17, 15) is 12.8 Å². The van der Waals surface area contributed by atoms with Crippen molar-refractivity contribution in [1.82, 2.24) is 0 Å². The third kappa shape index (κ3) is 3.23. The van der Waals surface area contributed by atoms with Gasteiger partial charge in [-0.25, -0.2) is 12.8 Å². The first-order chi connectivity index (χ1) is 9.29. The zero-order valence-corrected chi connectivity index (χ0v) is 12.7. The molecule has 20 heavy (non-hydrogen) atoms. The van der Waals surface area contributed by atoms with Gasteiger partial charge in [0, 0.05) is 0 Å². The van der Waals surface area contributed by atoms with Crippen molar-refractivity contribution in [3.8, 4) is 0 Å². The lowest BCUT2D eigenvalue weighted by Crippen LogP contribution is -2.13. The van der Waals surface area contributed by atoms with E-state index in [1.54, 1.807) is 18.2 Å². The molecule has 106 valence electrons. The fourth-order valence-electron chi connectivity index (χ4n) is 1.55. The Hall–Kier alpha value is -1.30. The number of hydrogen-bond acceptors (Lipinski definition) is 2. The summed E-state index contributed by atoms with van der Waals surface area (Å²) in [6.07, 6.45) is 0. The Morgan fingerprint density at radius 3 is 2.35 bits per heavy atom. The van der Waals surface area contributed by atoms with Gasteiger partial charge in [-0.2, -0.15) is 0 Å². The molecular formula is C13H10Cl2FNO2S. The van der Waals surface area contributed by atoms with Gasteiger partial charge >= 0.3 is 0 Å². The third-order valence-corrected chi connectivity index (χ3v) is 4.54. The van der Waals surface area contributed by atoms with Gasteiger partial charge in [0.25, 0.3) is 10.0 Å². The normalized spacial score (nSPS) is 11.4. The predicted molar refractivity (Wildman–Crippen MR) is 78.4 cm³/mol. The molecule has 1 N–H and O–H groups in total. The van der Waals surface area contributed by atoms with Crippen molar-refractivity contribution in [1.29, 1.82) is 0 Å². The Balaban J connectivity index is 2.38. The zero-order chi connectivity index (χ0) is 14.9. The lowest BCUT2D eigenvalue weighted by atomic mass is 10.2. The summed E-state index contributed by atoms with van der Waals surface area (Å²) >= 11 is 11.5. The fraction of sp³-hybridized carbons (Fsp3) is 0.0769. The first-order valence-corrected chi connectivity index (χ1v) is 7.77. The molecule has 0 aliphatic heterocycles. The molecule has 0 unspecified atom stereocenters. The van der Waals surface area contributed by atoms with Crippen molar-refractivity contribution in [2.45, 2.75) is 11.8 Å². The Labute approximate surface area is 126 Å². The van der Waals surface area contributed by atoms with Crippen molar-refractivity contribution in [3.05, 3.63) is 57.8 Å². The first-order valence-electron chi connectivity index (χ1n) is 5.53. The molecule has 0 saturated heterocycles. The smallest absolute Gasteiger partial charge is 0.261 e. The molecule has 0 spiro atoms. The van der Waals surface area contributed by atoms with E-state index in [2.05, 4.69) is 4.72 Å². The minimum absolute atomic E-state index is 0.138. The van der Waals surface area contributed by atoms with Crippen LogP contribution < -0.4 is 4.72 Å². The number of aryl methyl sites for hydroxylation is 1. The number of anilines is 1. The number of sulfonamides is 1. The molecule has 2 aromatic rings. The first kappa shape index (κ1) is 15.1. The number of benzene rings is 2. The Kier molecular flexibility index (Phi) is 4.22. The van der Waals surface area contributed by atoms with Gasteiger partial charge in [-0.3, -0.25) is 4.72 Å². The SMILES string of the molecule is Cc1ccc(NS(=O)(=O)c2ccc(F)c(Cl)c2)c(Cl)c1. The Morgan fingerprint density at radius 2 is 1.75 bits per heavy atom. The summed E-state index contributed by atoms with van der Waals surface area (Å²) in [5, 5.41) is 0.0182. The van der Waals surface area contributed by atoms with Gasteiger partial charge in [0.05, 0.1) is 20.6 Å². The molecule has 2 aromatic carbocycles. The maximum Gasteiger partial charge on any atom is 0.261 e. The van der Waals surface area contributed by atoms with E-state index in [4.69, 9.17) is 23.2 Å². The molecule has 7 heteroatoms. The molecule has 0 aliphatic rings. The number of rotatable bonds is 3. The molecule has 0 aromatic heterocycles. The van der Waals surface area contributed by atoms with Gasteiger partial charge in [0.1, 0.15) is 5.82 Å². The molecule has 0 atom stereocenters. The molecule has 0 aliphatic carbocycles. The fourth-order valence-corrected chi connectivity index (χ4v) is 3.24. The summed E-state index contributed by atoms with van der Waals surface area (Å²) in [5.41, 5.74) is 1.15. The summed E-state index contributed by atoms with van der Waals surface area (Å²) in [6, 6.07) is 8.08. The maximum atomic E-state index is 13.1. The molecule has 0 saturated carbocycles. The van der Waals surface area contributed by atoms with Crippen LogP contribution in [0.25, 0.3) is 0 Å². The van der Waals surface area contributed by atoms with Crippen LogP contribution in [0.2, 0.25) is 10.0 Å². The van der Waals surface area contributed by atoms with Gasteiger partial charge in [0.15, 0.2) is 0 Å². The minimum atomic E-state index is -3.87. The van der Waals surface area contributed by atoms with Crippen LogP contribution in [-0.4, -0.2) is 8.42 Å². The minimum Gasteiger partial charge on any atom is -0.278 e. The highest BCUT2D eigenvalue weighted by Gasteiger charge is 2.17. The van der Waals surface area contributed by atoms with Gasteiger partial charge in [-0.1, -0.05) is 29.3 Å². The average Bonchev–Trinajstić information content (AvgIpc) is 2.36. The molecule has 0 fully saturated rings. The van der Waals surface area contributed by atoms with Crippen molar-refractivity contribution in [2.75, 3.05) is 4.72 Å². The standard InChI is InChI=1S/C13H10Cl2FNO2S/c1-8-2-5-13(11(15)6-8)17-20(18,19)9-3-4-12(16)10(14)7-9/h2-7,17H,1H3. The van der Waals surface area contributed by atoms with Crippen LogP contribution in [-0.2, 0) is 10.0 Å². The second-order valence-electron chi connectivity index (χ2n) is 4.16. The molecule has 0 radical (unpaired) electrons. The Bertz CT molecular complexity index is 763. The summed E-state index contributed by atoms with van der Waals surface area (Å²) < 4.78 is 39.7. The van der Waals surface area contributed by atoms with E-state index in [0.717, 1.165) is 23.8 Å². The highest BCUT2D eigenvalue weighted by Crippen LogP contribution is 2.26. The molecular weight excluding hydrogens is 324 g/mol. The molecule has 2 rings (SSSR count). The van der Waals surface area contributed by atoms with Crippen molar-refractivity contribution < 1.29 is 12.8 Å². The van der Waals surface area contributed by atoms with E-state index in [0.29, 0.717) is 0 Å². The summed E-state index contributed by atoms with van der Waals surface area (Å²) in [6.45, 7) is 1.84. The topological polar surface area (TPSA) is 46.2 Å². The molecule has 0 amide bonds. The van der Waals surface area contributed by atoms with Crippen LogP contribution in [0.5, 0.6) is 0 Å². The van der Waals surface area contributed by atoms with E-state index in [-0.39, 0.29) is 20.6 Å². The second kappa shape index (κ2) is 5.60. The van der Waals surface area contributed by atoms with Gasteiger partial charge in [0.2, 0.25) is 0 Å². The summed E-state index contributed by atoms with van der Waals surface area (Å²) in [7, 11) is -3.87. The van der Waals surface area contributed by atoms with Crippen LogP contribution in [0.3, 0.4) is 0 Å². The van der Waals surface area contributed by atoms with Gasteiger partial charge in [-0.05, 0) is 42.8 Å². The van der Waals surface area contributed by atoms with E-state index in [1.807, 2.05) is 6.92 Å². The highest BCUT2D eigenvalue weighted by molar-refractivity contribution is 7.92. The highest BCUT2D eigenvalue weighted by atomic mass is 35.5. The van der Waals surface area contributed by atoms with Gasteiger partial charge in [-0.15, -0.1) is 0 Å². The largest absolute Gasteiger partial charge is 0.278 e. The number of nitrogens with one attached hydrogen (secondary N) is 1. The zero-order valence-electron chi connectivity index (χ0n) is 10.3. The van der Waals surface area contributed by atoms with Crippen LogP contribution in [0.15, 0.2) is 41.3 Å². The second-order valence-corrected chi connectivity index (χ2v) is 6.66. The predicted octanol–water partition coefficient (Wildman–Crippen LogP) is 4.24. The van der Waals surface area contributed by atoms with E-state index in [1.165, 1.54) is 0 Å². The number of hydrogen-bond donors (Lipinski definition) is 1. The third-order valence-electron chi connectivity index (χ3n) is 2.57. The monoisotopic (exact) mass is 333 g/mol. The lowest BCUT2D eigenvalue weighted by Gasteiger charge is -2.10. The maximum absolute atomic E-state index is 13.1. The van der Waals surface area contributed by atoms with Crippen molar-refractivity contribution in [2.24, 2.45) is 0 Å². The van der Waals surface area contributed by atoms with Crippen molar-refractivity contribution in [3.63, 3.8) is 0 Å². The molecule has 0 bridgehead atoms. The van der Waals surface area contributed by atoms with E-state index < -0.39 is 15.8 Å². The average molecular weight is 334 g/mol. The summed E-state index contributed by atoms with van der Waals surface area (Å²) in [5.74, 6) is -0.681.